The zero-order valence-electron chi connectivity index (χ0n) is 8.77. The summed E-state index contributed by atoms with van der Waals surface area (Å²) in [5.41, 5.74) is 3.70. The van der Waals surface area contributed by atoms with Gasteiger partial charge in [-0.3, -0.25) is 0 Å². The van der Waals surface area contributed by atoms with Crippen LogP contribution in [-0.4, -0.2) is 0 Å². The monoisotopic (exact) mass is 193 g/mol. The molecule has 0 heterocycles. The van der Waals surface area contributed by atoms with Gasteiger partial charge in [0.15, 0.2) is 0 Å². The average Bonchev–Trinajstić information content (AvgIpc) is 2.30. The van der Waals surface area contributed by atoms with Gasteiger partial charge in [0.25, 0.3) is 0 Å². The molecule has 0 nitrogen and oxygen atoms in total. The van der Waals surface area contributed by atoms with Gasteiger partial charge in [-0.25, -0.2) is 0 Å². The Morgan fingerprint density at radius 1 is 0.933 bits per heavy atom. The van der Waals surface area contributed by atoms with E-state index in [1.807, 2.05) is 18.2 Å². The molecule has 0 spiro atoms. The van der Waals surface area contributed by atoms with Crippen molar-refractivity contribution in [2.45, 2.75) is 6.92 Å². The molecule has 0 unspecified atom stereocenters. The third-order valence-electron chi connectivity index (χ3n) is 2.28. The van der Waals surface area contributed by atoms with Gasteiger partial charge in [0.2, 0.25) is 0 Å². The first-order valence-corrected chi connectivity index (χ1v) is 5.05. The van der Waals surface area contributed by atoms with Crippen LogP contribution in [0.3, 0.4) is 0 Å². The van der Waals surface area contributed by atoms with Gasteiger partial charge < -0.3 is 0 Å². The third-order valence-corrected chi connectivity index (χ3v) is 2.28. The first-order valence-electron chi connectivity index (χ1n) is 5.05. The van der Waals surface area contributed by atoms with Crippen LogP contribution in [0.1, 0.15) is 16.7 Å². The minimum Gasteiger partial charge on any atom is -0.0611 e. The largest absolute Gasteiger partial charge is 0.0611 e. The minimum absolute atomic E-state index is 1.18. The molecule has 73 valence electrons. The summed E-state index contributed by atoms with van der Waals surface area (Å²) >= 11 is 0. The van der Waals surface area contributed by atoms with E-state index in [9.17, 15) is 0 Å². The highest BCUT2D eigenvalue weighted by atomic mass is 13.9. The molecule has 0 bridgehead atoms. The molecular weight excluding hydrogens is 180 g/mol. The number of hydrogen-bond acceptors (Lipinski definition) is 0. The standard InChI is InChI=1S/C15H13/c1-13-7-9-15(10-8-13)12-11-14-5-3-2-4-6-14/h2-3,5-12H,1H3/b12-11+. The van der Waals surface area contributed by atoms with Crippen molar-refractivity contribution in [1.82, 2.24) is 0 Å². The Bertz CT molecular complexity index is 435. The lowest BCUT2D eigenvalue weighted by molar-refractivity contribution is 1.46. The van der Waals surface area contributed by atoms with E-state index in [-0.39, 0.29) is 0 Å². The molecule has 0 aromatic heterocycles. The van der Waals surface area contributed by atoms with Crippen LogP contribution in [-0.2, 0) is 0 Å². The van der Waals surface area contributed by atoms with Gasteiger partial charge in [0, 0.05) is 0 Å². The fourth-order valence-electron chi connectivity index (χ4n) is 1.38. The van der Waals surface area contributed by atoms with Crippen LogP contribution in [0.25, 0.3) is 12.2 Å². The number of hydrogen-bond donors (Lipinski definition) is 0. The van der Waals surface area contributed by atoms with Crippen molar-refractivity contribution in [2.24, 2.45) is 0 Å². The molecular formula is C15H13. The van der Waals surface area contributed by atoms with Crippen molar-refractivity contribution in [3.63, 3.8) is 0 Å². The Hall–Kier alpha value is -1.82. The quantitative estimate of drug-likeness (QED) is 0.633. The van der Waals surface area contributed by atoms with Crippen molar-refractivity contribution in [2.75, 3.05) is 0 Å². The molecule has 0 saturated carbocycles. The normalized spacial score (nSPS) is 10.7. The maximum atomic E-state index is 3.06. The van der Waals surface area contributed by atoms with Gasteiger partial charge in [-0.05, 0) is 30.2 Å². The van der Waals surface area contributed by atoms with E-state index < -0.39 is 0 Å². The van der Waals surface area contributed by atoms with E-state index in [0.29, 0.717) is 0 Å². The number of aryl methyl sites for hydroxylation is 1. The highest BCUT2D eigenvalue weighted by Gasteiger charge is 1.87. The Balaban J connectivity index is 2.15. The summed E-state index contributed by atoms with van der Waals surface area (Å²) in [5.74, 6) is 0. The van der Waals surface area contributed by atoms with Crippen LogP contribution in [0.5, 0.6) is 0 Å². The summed E-state index contributed by atoms with van der Waals surface area (Å²) in [6.45, 7) is 2.10. The molecule has 0 aliphatic rings. The predicted octanol–water partition coefficient (Wildman–Crippen LogP) is 3.97. The Labute approximate surface area is 90.9 Å². The molecule has 0 fully saturated rings. The zero-order valence-corrected chi connectivity index (χ0v) is 8.77. The van der Waals surface area contributed by atoms with E-state index in [2.05, 4.69) is 55.5 Å². The molecule has 0 atom stereocenters. The SMILES string of the molecule is Cc1ccc(/C=C/c2c[c]ccc2)cc1. The van der Waals surface area contributed by atoms with Gasteiger partial charge in [-0.1, -0.05) is 60.2 Å². The van der Waals surface area contributed by atoms with Gasteiger partial charge >= 0.3 is 0 Å². The Morgan fingerprint density at radius 2 is 1.67 bits per heavy atom. The first-order chi connectivity index (χ1) is 7.34. The molecule has 0 saturated heterocycles. The summed E-state index contributed by atoms with van der Waals surface area (Å²) in [6, 6.07) is 19.5. The second kappa shape index (κ2) is 4.61. The van der Waals surface area contributed by atoms with E-state index in [0.717, 1.165) is 0 Å². The second-order valence-electron chi connectivity index (χ2n) is 3.58. The fraction of sp³-hybridized carbons (Fsp3) is 0.0667. The summed E-state index contributed by atoms with van der Waals surface area (Å²) in [6.07, 6.45) is 4.21. The molecule has 2 rings (SSSR count). The molecule has 15 heavy (non-hydrogen) atoms. The maximum Gasteiger partial charge on any atom is -0.0178 e. The van der Waals surface area contributed by atoms with Crippen molar-refractivity contribution < 1.29 is 0 Å². The molecule has 2 aromatic carbocycles. The van der Waals surface area contributed by atoms with E-state index in [1.54, 1.807) is 0 Å². The number of rotatable bonds is 2. The van der Waals surface area contributed by atoms with E-state index >= 15 is 0 Å². The smallest absolute Gasteiger partial charge is 0.0178 e. The number of benzene rings is 2. The minimum atomic E-state index is 1.18. The van der Waals surface area contributed by atoms with Crippen molar-refractivity contribution in [3.8, 4) is 0 Å². The summed E-state index contributed by atoms with van der Waals surface area (Å²) in [4.78, 5) is 0. The van der Waals surface area contributed by atoms with Crippen LogP contribution in [0.15, 0.2) is 48.5 Å². The molecule has 0 aliphatic carbocycles. The molecule has 1 radical (unpaired) electrons. The lowest BCUT2D eigenvalue weighted by Crippen LogP contribution is -1.74. The first kappa shape index (κ1) is 9.72. The molecule has 0 aliphatic heterocycles. The molecule has 2 aromatic rings. The summed E-state index contributed by atoms with van der Waals surface area (Å²) < 4.78 is 0. The van der Waals surface area contributed by atoms with E-state index in [4.69, 9.17) is 0 Å². The maximum absolute atomic E-state index is 3.06. The fourth-order valence-corrected chi connectivity index (χ4v) is 1.38. The summed E-state index contributed by atoms with van der Waals surface area (Å²) in [5, 5.41) is 0. The lowest BCUT2D eigenvalue weighted by Gasteiger charge is -1.95. The Kier molecular flexibility index (Phi) is 2.99. The van der Waals surface area contributed by atoms with Gasteiger partial charge in [0.05, 0.1) is 0 Å². The molecule has 0 N–H and O–H groups in total. The molecule has 0 amide bonds. The van der Waals surface area contributed by atoms with Gasteiger partial charge in [-0.15, -0.1) is 0 Å². The molecule has 0 heteroatoms. The highest BCUT2D eigenvalue weighted by molar-refractivity contribution is 5.69. The second-order valence-corrected chi connectivity index (χ2v) is 3.58. The average molecular weight is 193 g/mol. The van der Waals surface area contributed by atoms with E-state index in [1.165, 1.54) is 16.7 Å². The topological polar surface area (TPSA) is 0 Å². The van der Waals surface area contributed by atoms with Crippen LogP contribution in [0, 0.1) is 13.0 Å². The van der Waals surface area contributed by atoms with Crippen molar-refractivity contribution in [1.29, 1.82) is 0 Å². The van der Waals surface area contributed by atoms with Crippen molar-refractivity contribution in [3.05, 3.63) is 71.3 Å². The van der Waals surface area contributed by atoms with Crippen LogP contribution in [0.2, 0.25) is 0 Å². The summed E-state index contributed by atoms with van der Waals surface area (Å²) in [7, 11) is 0. The lowest BCUT2D eigenvalue weighted by atomic mass is 10.1. The van der Waals surface area contributed by atoms with Crippen LogP contribution in [0.4, 0.5) is 0 Å². The van der Waals surface area contributed by atoms with Gasteiger partial charge in [-0.2, -0.15) is 0 Å². The predicted molar refractivity (Wildman–Crippen MR) is 65.4 cm³/mol. The Morgan fingerprint density at radius 3 is 2.33 bits per heavy atom. The van der Waals surface area contributed by atoms with Crippen molar-refractivity contribution >= 4 is 12.2 Å². The van der Waals surface area contributed by atoms with Gasteiger partial charge in [0.1, 0.15) is 0 Å². The van der Waals surface area contributed by atoms with Crippen LogP contribution < -0.4 is 0 Å². The third kappa shape index (κ3) is 2.81. The highest BCUT2D eigenvalue weighted by Crippen LogP contribution is 2.08. The van der Waals surface area contributed by atoms with Crippen LogP contribution >= 0.6 is 0 Å². The zero-order chi connectivity index (χ0) is 10.5.